The molecule has 24 heavy (non-hydrogen) atoms. The minimum Gasteiger partial charge on any atom is -0.326 e. The summed E-state index contributed by atoms with van der Waals surface area (Å²) in [6.45, 7) is 1.45. The number of carbonyl (C=O) groups excluding carboxylic acids is 2. The van der Waals surface area contributed by atoms with Crippen LogP contribution in [0.1, 0.15) is 17.3 Å². The molecule has 0 spiro atoms. The van der Waals surface area contributed by atoms with E-state index in [2.05, 4.69) is 10.6 Å². The Kier molecular flexibility index (Phi) is 4.43. The summed E-state index contributed by atoms with van der Waals surface area (Å²) in [5, 5.41) is 5.54. The van der Waals surface area contributed by atoms with Gasteiger partial charge in [0.25, 0.3) is 5.91 Å². The van der Waals surface area contributed by atoms with Crippen LogP contribution in [0.3, 0.4) is 0 Å². The second-order valence-corrected chi connectivity index (χ2v) is 5.35. The fraction of sp³-hybridized carbons (Fsp3) is 0.0526. The van der Waals surface area contributed by atoms with E-state index >= 15 is 0 Å². The number of anilines is 2. The van der Waals surface area contributed by atoms with Gasteiger partial charge >= 0.3 is 0 Å². The molecular formula is C19H17N3O2. The van der Waals surface area contributed by atoms with Gasteiger partial charge in [0, 0.05) is 41.9 Å². The Balaban J connectivity index is 1.73. The van der Waals surface area contributed by atoms with Crippen molar-refractivity contribution in [3.05, 3.63) is 78.6 Å². The van der Waals surface area contributed by atoms with E-state index in [1.807, 2.05) is 47.3 Å². The monoisotopic (exact) mass is 319 g/mol. The number of rotatable bonds is 4. The van der Waals surface area contributed by atoms with Gasteiger partial charge in [-0.15, -0.1) is 0 Å². The van der Waals surface area contributed by atoms with Crippen LogP contribution in [0.15, 0.2) is 73.1 Å². The zero-order valence-corrected chi connectivity index (χ0v) is 13.2. The molecule has 120 valence electrons. The standard InChI is InChI=1S/C19H17N3O2/c1-14(23)20-16-7-9-17(10-8-16)21-19(24)15-5-4-6-18(13-15)22-11-2-3-12-22/h2-13H,1H3,(H,20,23)(H,21,24). The van der Waals surface area contributed by atoms with Gasteiger partial charge in [0.2, 0.25) is 5.91 Å². The van der Waals surface area contributed by atoms with Gasteiger partial charge in [-0.2, -0.15) is 0 Å². The van der Waals surface area contributed by atoms with E-state index in [1.165, 1.54) is 6.92 Å². The Labute approximate surface area is 139 Å². The lowest BCUT2D eigenvalue weighted by Gasteiger charge is -2.09. The molecular weight excluding hydrogens is 302 g/mol. The van der Waals surface area contributed by atoms with Gasteiger partial charge < -0.3 is 15.2 Å². The number of carbonyl (C=O) groups is 2. The Bertz CT molecular complexity index is 853. The van der Waals surface area contributed by atoms with Crippen molar-refractivity contribution in [2.45, 2.75) is 6.92 Å². The van der Waals surface area contributed by atoms with Gasteiger partial charge in [-0.3, -0.25) is 9.59 Å². The summed E-state index contributed by atoms with van der Waals surface area (Å²) in [7, 11) is 0. The summed E-state index contributed by atoms with van der Waals surface area (Å²) >= 11 is 0. The second-order valence-electron chi connectivity index (χ2n) is 5.35. The fourth-order valence-corrected chi connectivity index (χ4v) is 2.36. The second kappa shape index (κ2) is 6.83. The number of hydrogen-bond donors (Lipinski definition) is 2. The van der Waals surface area contributed by atoms with Crippen LogP contribution in [0.4, 0.5) is 11.4 Å². The van der Waals surface area contributed by atoms with Crippen molar-refractivity contribution in [2.24, 2.45) is 0 Å². The molecule has 5 heteroatoms. The summed E-state index contributed by atoms with van der Waals surface area (Å²) in [5.74, 6) is -0.315. The molecule has 0 aliphatic heterocycles. The number of nitrogens with one attached hydrogen (secondary N) is 2. The highest BCUT2D eigenvalue weighted by atomic mass is 16.2. The summed E-state index contributed by atoms with van der Waals surface area (Å²) in [6.07, 6.45) is 3.86. The van der Waals surface area contributed by atoms with Gasteiger partial charge in [0.15, 0.2) is 0 Å². The highest BCUT2D eigenvalue weighted by Gasteiger charge is 2.07. The third kappa shape index (κ3) is 3.70. The first-order valence-corrected chi connectivity index (χ1v) is 7.54. The minimum atomic E-state index is -0.184. The normalized spacial score (nSPS) is 10.2. The zero-order valence-electron chi connectivity index (χ0n) is 13.2. The lowest BCUT2D eigenvalue weighted by Crippen LogP contribution is -2.12. The predicted octanol–water partition coefficient (Wildman–Crippen LogP) is 3.69. The predicted molar refractivity (Wildman–Crippen MR) is 94.5 cm³/mol. The quantitative estimate of drug-likeness (QED) is 0.770. The van der Waals surface area contributed by atoms with Gasteiger partial charge in [0.05, 0.1) is 0 Å². The van der Waals surface area contributed by atoms with E-state index < -0.39 is 0 Å². The Morgan fingerprint density at radius 1 is 0.833 bits per heavy atom. The van der Waals surface area contributed by atoms with Crippen LogP contribution in [0, 0.1) is 0 Å². The maximum absolute atomic E-state index is 12.4. The van der Waals surface area contributed by atoms with E-state index in [1.54, 1.807) is 30.3 Å². The van der Waals surface area contributed by atoms with Gasteiger partial charge in [-0.05, 0) is 54.6 Å². The molecule has 0 aliphatic carbocycles. The van der Waals surface area contributed by atoms with Crippen LogP contribution < -0.4 is 10.6 Å². The molecule has 0 radical (unpaired) electrons. The van der Waals surface area contributed by atoms with Crippen LogP contribution in [-0.4, -0.2) is 16.4 Å². The van der Waals surface area contributed by atoms with E-state index in [0.717, 1.165) is 5.69 Å². The maximum Gasteiger partial charge on any atom is 0.255 e. The number of aromatic nitrogens is 1. The summed E-state index contributed by atoms with van der Waals surface area (Å²) in [5.41, 5.74) is 2.86. The molecule has 3 aromatic rings. The van der Waals surface area contributed by atoms with Crippen molar-refractivity contribution in [1.29, 1.82) is 0 Å². The molecule has 2 aromatic carbocycles. The van der Waals surface area contributed by atoms with E-state index in [0.29, 0.717) is 16.9 Å². The average Bonchev–Trinajstić information content (AvgIpc) is 3.11. The number of nitrogens with zero attached hydrogens (tertiary/aromatic N) is 1. The van der Waals surface area contributed by atoms with Crippen LogP contribution in [0.25, 0.3) is 5.69 Å². The molecule has 3 rings (SSSR count). The molecule has 1 aromatic heterocycles. The van der Waals surface area contributed by atoms with Crippen LogP contribution in [-0.2, 0) is 4.79 Å². The number of hydrogen-bond acceptors (Lipinski definition) is 2. The third-order valence-corrected chi connectivity index (χ3v) is 3.47. The average molecular weight is 319 g/mol. The Morgan fingerprint density at radius 2 is 1.46 bits per heavy atom. The molecule has 2 amide bonds. The highest BCUT2D eigenvalue weighted by Crippen LogP contribution is 2.16. The first-order chi connectivity index (χ1) is 11.6. The lowest BCUT2D eigenvalue weighted by atomic mass is 10.1. The van der Waals surface area contributed by atoms with Crippen molar-refractivity contribution < 1.29 is 9.59 Å². The molecule has 1 heterocycles. The molecule has 0 unspecified atom stereocenters. The highest BCUT2D eigenvalue weighted by molar-refractivity contribution is 6.04. The van der Waals surface area contributed by atoms with E-state index in [-0.39, 0.29) is 11.8 Å². The number of amides is 2. The van der Waals surface area contributed by atoms with Crippen molar-refractivity contribution in [3.63, 3.8) is 0 Å². The van der Waals surface area contributed by atoms with E-state index in [9.17, 15) is 9.59 Å². The largest absolute Gasteiger partial charge is 0.326 e. The molecule has 0 saturated heterocycles. The molecule has 0 aliphatic rings. The van der Waals surface area contributed by atoms with Gasteiger partial charge in [-0.1, -0.05) is 6.07 Å². The first kappa shape index (κ1) is 15.6. The first-order valence-electron chi connectivity index (χ1n) is 7.54. The van der Waals surface area contributed by atoms with Crippen molar-refractivity contribution in [3.8, 4) is 5.69 Å². The van der Waals surface area contributed by atoms with E-state index in [4.69, 9.17) is 0 Å². The SMILES string of the molecule is CC(=O)Nc1ccc(NC(=O)c2cccc(-n3cccc3)c2)cc1. The summed E-state index contributed by atoms with van der Waals surface area (Å²) < 4.78 is 1.94. The Morgan fingerprint density at radius 3 is 2.08 bits per heavy atom. The molecule has 0 bridgehead atoms. The molecule has 2 N–H and O–H groups in total. The maximum atomic E-state index is 12.4. The summed E-state index contributed by atoms with van der Waals surface area (Å²) in [4.78, 5) is 23.4. The molecule has 0 atom stereocenters. The fourth-order valence-electron chi connectivity index (χ4n) is 2.36. The van der Waals surface area contributed by atoms with Crippen molar-refractivity contribution in [1.82, 2.24) is 4.57 Å². The minimum absolute atomic E-state index is 0.131. The Hall–Kier alpha value is -3.34. The molecule has 0 saturated carbocycles. The van der Waals surface area contributed by atoms with Crippen LogP contribution in [0.2, 0.25) is 0 Å². The van der Waals surface area contributed by atoms with Crippen LogP contribution in [0.5, 0.6) is 0 Å². The zero-order chi connectivity index (χ0) is 16.9. The molecule has 5 nitrogen and oxygen atoms in total. The smallest absolute Gasteiger partial charge is 0.255 e. The third-order valence-electron chi connectivity index (χ3n) is 3.47. The summed E-state index contributed by atoms with van der Waals surface area (Å²) in [6, 6.07) is 18.3. The van der Waals surface area contributed by atoms with Crippen LogP contribution >= 0.6 is 0 Å². The van der Waals surface area contributed by atoms with Gasteiger partial charge in [-0.25, -0.2) is 0 Å². The van der Waals surface area contributed by atoms with Crippen molar-refractivity contribution >= 4 is 23.2 Å². The number of benzene rings is 2. The molecule has 0 fully saturated rings. The topological polar surface area (TPSA) is 63.1 Å². The van der Waals surface area contributed by atoms with Crippen molar-refractivity contribution in [2.75, 3.05) is 10.6 Å². The lowest BCUT2D eigenvalue weighted by molar-refractivity contribution is -0.114. The van der Waals surface area contributed by atoms with Gasteiger partial charge in [0.1, 0.15) is 0 Å².